The highest BCUT2D eigenvalue weighted by Crippen LogP contribution is 2.26. The van der Waals surface area contributed by atoms with Crippen LogP contribution in [0.4, 0.5) is 11.4 Å². The average Bonchev–Trinajstić information content (AvgIpc) is 2.46. The maximum absolute atomic E-state index is 12.3. The van der Waals surface area contributed by atoms with Gasteiger partial charge >= 0.3 is 0 Å². The summed E-state index contributed by atoms with van der Waals surface area (Å²) in [6.07, 6.45) is 0. The molecule has 0 saturated heterocycles. The highest BCUT2D eigenvalue weighted by Gasteiger charge is 2.18. The number of nitrogens with zero attached hydrogens (tertiary/aromatic N) is 2. The standard InChI is InChI=1S/C14H11ClN2O3/c1-16(11-5-3-2-4-6-11)14(18)10-7-8-13(17(19)20)12(15)9-10/h2-9H,1H3. The lowest BCUT2D eigenvalue weighted by Crippen LogP contribution is -2.26. The molecule has 0 atom stereocenters. The van der Waals surface area contributed by atoms with E-state index < -0.39 is 4.92 Å². The van der Waals surface area contributed by atoms with Crippen molar-refractivity contribution in [2.24, 2.45) is 0 Å². The van der Waals surface area contributed by atoms with Crippen LogP contribution in [0.15, 0.2) is 48.5 Å². The molecule has 5 nitrogen and oxygen atoms in total. The molecule has 1 amide bonds. The Morgan fingerprint density at radius 2 is 1.85 bits per heavy atom. The maximum Gasteiger partial charge on any atom is 0.287 e. The number of amides is 1. The Labute approximate surface area is 120 Å². The summed E-state index contributed by atoms with van der Waals surface area (Å²) in [6.45, 7) is 0. The summed E-state index contributed by atoms with van der Waals surface area (Å²) >= 11 is 5.81. The van der Waals surface area contributed by atoms with Gasteiger partial charge in [-0.3, -0.25) is 14.9 Å². The fraction of sp³-hybridized carbons (Fsp3) is 0.0714. The molecule has 0 saturated carbocycles. The van der Waals surface area contributed by atoms with E-state index in [2.05, 4.69) is 0 Å². The molecule has 6 heteroatoms. The van der Waals surface area contributed by atoms with Crippen LogP contribution in [-0.2, 0) is 0 Å². The van der Waals surface area contributed by atoms with E-state index in [4.69, 9.17) is 11.6 Å². The average molecular weight is 291 g/mol. The van der Waals surface area contributed by atoms with Crippen molar-refractivity contribution in [3.05, 3.63) is 69.2 Å². The molecule has 2 aromatic rings. The quantitative estimate of drug-likeness (QED) is 0.642. The largest absolute Gasteiger partial charge is 0.311 e. The van der Waals surface area contributed by atoms with Gasteiger partial charge in [0, 0.05) is 24.4 Å². The topological polar surface area (TPSA) is 63.5 Å². The summed E-state index contributed by atoms with van der Waals surface area (Å²) in [4.78, 5) is 23.8. The molecule has 0 spiro atoms. The minimum absolute atomic E-state index is 0.0534. The third-order valence-corrected chi connectivity index (χ3v) is 3.14. The second kappa shape index (κ2) is 5.71. The molecule has 102 valence electrons. The van der Waals surface area contributed by atoms with Crippen molar-refractivity contribution >= 4 is 28.9 Å². The normalized spacial score (nSPS) is 10.1. The third-order valence-electron chi connectivity index (χ3n) is 2.84. The van der Waals surface area contributed by atoms with Crippen molar-refractivity contribution in [1.29, 1.82) is 0 Å². The molecule has 0 aromatic heterocycles. The van der Waals surface area contributed by atoms with Crippen LogP contribution in [0.25, 0.3) is 0 Å². The van der Waals surface area contributed by atoms with Crippen molar-refractivity contribution in [3.8, 4) is 0 Å². The number of anilines is 1. The first-order valence-electron chi connectivity index (χ1n) is 5.78. The first kappa shape index (κ1) is 14.0. The Morgan fingerprint density at radius 1 is 1.20 bits per heavy atom. The van der Waals surface area contributed by atoms with Crippen LogP contribution in [-0.4, -0.2) is 17.9 Å². The number of nitro benzene ring substituents is 1. The molecule has 2 aromatic carbocycles. The molecule has 0 aliphatic carbocycles. The fourth-order valence-electron chi connectivity index (χ4n) is 1.75. The summed E-state index contributed by atoms with van der Waals surface area (Å²) in [5.41, 5.74) is 0.810. The van der Waals surface area contributed by atoms with Gasteiger partial charge in [-0.25, -0.2) is 0 Å². The van der Waals surface area contributed by atoms with Gasteiger partial charge in [0.05, 0.1) is 4.92 Å². The molecule has 0 aliphatic rings. The van der Waals surface area contributed by atoms with Crippen molar-refractivity contribution < 1.29 is 9.72 Å². The van der Waals surface area contributed by atoms with Gasteiger partial charge in [-0.15, -0.1) is 0 Å². The molecule has 20 heavy (non-hydrogen) atoms. The van der Waals surface area contributed by atoms with Gasteiger partial charge < -0.3 is 4.90 Å². The smallest absolute Gasteiger partial charge is 0.287 e. The maximum atomic E-state index is 12.3. The third kappa shape index (κ3) is 2.78. The summed E-state index contributed by atoms with van der Waals surface area (Å²) in [5, 5.41) is 10.6. The van der Waals surface area contributed by atoms with Crippen molar-refractivity contribution in [2.45, 2.75) is 0 Å². The SMILES string of the molecule is CN(C(=O)c1ccc([N+](=O)[O-])c(Cl)c1)c1ccccc1. The lowest BCUT2D eigenvalue weighted by Gasteiger charge is -2.17. The lowest BCUT2D eigenvalue weighted by atomic mass is 10.1. The molecular weight excluding hydrogens is 280 g/mol. The summed E-state index contributed by atoms with van der Waals surface area (Å²) in [5.74, 6) is -0.284. The zero-order valence-electron chi connectivity index (χ0n) is 10.6. The number of halogens is 1. The number of carbonyl (C=O) groups excluding carboxylic acids is 1. The molecule has 2 rings (SSSR count). The van der Waals surface area contributed by atoms with E-state index in [0.717, 1.165) is 5.69 Å². The molecule has 0 radical (unpaired) electrons. The highest BCUT2D eigenvalue weighted by molar-refractivity contribution is 6.33. The molecular formula is C14H11ClN2O3. The number of nitro groups is 1. The van der Waals surface area contributed by atoms with Crippen LogP contribution in [0, 0.1) is 10.1 Å². The van der Waals surface area contributed by atoms with E-state index in [-0.39, 0.29) is 16.6 Å². The number of rotatable bonds is 3. The molecule has 0 N–H and O–H groups in total. The fourth-order valence-corrected chi connectivity index (χ4v) is 2.00. The Morgan fingerprint density at radius 3 is 2.40 bits per heavy atom. The zero-order valence-corrected chi connectivity index (χ0v) is 11.4. The van der Waals surface area contributed by atoms with Crippen molar-refractivity contribution in [3.63, 3.8) is 0 Å². The van der Waals surface area contributed by atoms with Crippen LogP contribution in [0.1, 0.15) is 10.4 Å². The van der Waals surface area contributed by atoms with E-state index in [0.29, 0.717) is 5.56 Å². The van der Waals surface area contributed by atoms with Crippen LogP contribution in [0.2, 0.25) is 5.02 Å². The molecule has 0 aliphatic heterocycles. The van der Waals surface area contributed by atoms with E-state index >= 15 is 0 Å². The van der Waals surface area contributed by atoms with Crippen LogP contribution in [0.5, 0.6) is 0 Å². The van der Waals surface area contributed by atoms with Crippen LogP contribution < -0.4 is 4.90 Å². The molecule has 0 fully saturated rings. The van der Waals surface area contributed by atoms with Crippen LogP contribution in [0.3, 0.4) is 0 Å². The van der Waals surface area contributed by atoms with E-state index in [9.17, 15) is 14.9 Å². The zero-order chi connectivity index (χ0) is 14.7. The van der Waals surface area contributed by atoms with E-state index in [1.165, 1.54) is 23.1 Å². The number of hydrogen-bond donors (Lipinski definition) is 0. The Balaban J connectivity index is 2.30. The minimum Gasteiger partial charge on any atom is -0.311 e. The Hall–Kier alpha value is -2.40. The Bertz CT molecular complexity index is 659. The summed E-state index contributed by atoms with van der Waals surface area (Å²) in [6, 6.07) is 13.0. The van der Waals surface area contributed by atoms with Gasteiger partial charge in [0.2, 0.25) is 0 Å². The molecule has 0 bridgehead atoms. The Kier molecular flexibility index (Phi) is 4.00. The van der Waals surface area contributed by atoms with Crippen LogP contribution >= 0.6 is 11.6 Å². The van der Waals surface area contributed by atoms with Crippen molar-refractivity contribution in [2.75, 3.05) is 11.9 Å². The first-order chi connectivity index (χ1) is 9.50. The number of benzene rings is 2. The van der Waals surface area contributed by atoms with Gasteiger partial charge in [0.25, 0.3) is 11.6 Å². The van der Waals surface area contributed by atoms with Gasteiger partial charge in [0.1, 0.15) is 5.02 Å². The number of carbonyl (C=O) groups is 1. The predicted molar refractivity (Wildman–Crippen MR) is 77.3 cm³/mol. The number of para-hydroxylation sites is 1. The van der Waals surface area contributed by atoms with Gasteiger partial charge in [-0.05, 0) is 24.3 Å². The predicted octanol–water partition coefficient (Wildman–Crippen LogP) is 3.52. The van der Waals surface area contributed by atoms with E-state index in [1.807, 2.05) is 18.2 Å². The first-order valence-corrected chi connectivity index (χ1v) is 6.15. The summed E-state index contributed by atoms with van der Waals surface area (Å²) in [7, 11) is 1.63. The van der Waals surface area contributed by atoms with E-state index in [1.54, 1.807) is 19.2 Å². The highest BCUT2D eigenvalue weighted by atomic mass is 35.5. The monoisotopic (exact) mass is 290 g/mol. The van der Waals surface area contributed by atoms with Crippen molar-refractivity contribution in [1.82, 2.24) is 0 Å². The van der Waals surface area contributed by atoms with Gasteiger partial charge in [-0.2, -0.15) is 0 Å². The number of hydrogen-bond acceptors (Lipinski definition) is 3. The minimum atomic E-state index is -0.586. The van der Waals surface area contributed by atoms with Gasteiger partial charge in [-0.1, -0.05) is 29.8 Å². The second-order valence-corrected chi connectivity index (χ2v) is 4.53. The van der Waals surface area contributed by atoms with Gasteiger partial charge in [0.15, 0.2) is 0 Å². The molecule has 0 unspecified atom stereocenters. The summed E-state index contributed by atoms with van der Waals surface area (Å²) < 4.78 is 0. The second-order valence-electron chi connectivity index (χ2n) is 4.12. The lowest BCUT2D eigenvalue weighted by molar-refractivity contribution is -0.384. The molecule has 0 heterocycles.